The fourth-order valence-electron chi connectivity index (χ4n) is 2.36. The van der Waals surface area contributed by atoms with Crippen LogP contribution in [0.25, 0.3) is 10.4 Å². The van der Waals surface area contributed by atoms with Crippen molar-refractivity contribution in [1.82, 2.24) is 5.32 Å². The standard InChI is InChI=1S/C15H16BrNS/c1-9-5-11(3-4-13(9)16)15-7-12-8-17-10(2)6-14(12)18-15/h3-5,7,10,17H,6,8H2,1-2H3. The first-order valence-electron chi connectivity index (χ1n) is 6.25. The lowest BCUT2D eigenvalue weighted by atomic mass is 10.0. The molecule has 3 rings (SSSR count). The van der Waals surface area contributed by atoms with Crippen LogP contribution in [-0.2, 0) is 13.0 Å². The molecule has 0 saturated heterocycles. The Morgan fingerprint density at radius 2 is 2.17 bits per heavy atom. The van der Waals surface area contributed by atoms with Crippen molar-refractivity contribution in [2.75, 3.05) is 0 Å². The molecule has 0 bridgehead atoms. The summed E-state index contributed by atoms with van der Waals surface area (Å²) in [4.78, 5) is 2.95. The van der Waals surface area contributed by atoms with Crippen LogP contribution in [-0.4, -0.2) is 6.04 Å². The Labute approximate surface area is 120 Å². The molecule has 2 heterocycles. The number of hydrogen-bond acceptors (Lipinski definition) is 2. The first kappa shape index (κ1) is 12.4. The van der Waals surface area contributed by atoms with Crippen molar-refractivity contribution in [3.63, 3.8) is 0 Å². The summed E-state index contributed by atoms with van der Waals surface area (Å²) in [5.74, 6) is 0. The number of fused-ring (bicyclic) bond motifs is 1. The van der Waals surface area contributed by atoms with Crippen molar-refractivity contribution in [2.45, 2.75) is 32.9 Å². The number of thiophene rings is 1. The minimum atomic E-state index is 0.607. The van der Waals surface area contributed by atoms with E-state index in [-0.39, 0.29) is 0 Å². The average Bonchev–Trinajstić information content (AvgIpc) is 2.75. The number of nitrogens with one attached hydrogen (secondary N) is 1. The van der Waals surface area contributed by atoms with Gasteiger partial charge >= 0.3 is 0 Å². The smallest absolute Gasteiger partial charge is 0.0349 e. The molecule has 94 valence electrons. The molecule has 3 heteroatoms. The third-order valence-corrected chi connectivity index (χ3v) is 5.61. The van der Waals surface area contributed by atoms with Gasteiger partial charge in [0.2, 0.25) is 0 Å². The first-order valence-corrected chi connectivity index (χ1v) is 7.86. The normalized spacial score (nSPS) is 18.7. The molecule has 1 atom stereocenters. The maximum absolute atomic E-state index is 3.56. The molecule has 1 aliphatic rings. The fraction of sp³-hybridized carbons (Fsp3) is 0.333. The van der Waals surface area contributed by atoms with Gasteiger partial charge in [0, 0.05) is 26.8 Å². The summed E-state index contributed by atoms with van der Waals surface area (Å²) in [6, 6.07) is 9.56. The van der Waals surface area contributed by atoms with E-state index in [1.165, 1.54) is 26.0 Å². The number of halogens is 1. The van der Waals surface area contributed by atoms with Crippen LogP contribution in [0.15, 0.2) is 28.7 Å². The van der Waals surface area contributed by atoms with E-state index in [2.05, 4.69) is 59.4 Å². The highest BCUT2D eigenvalue weighted by Crippen LogP contribution is 2.35. The van der Waals surface area contributed by atoms with E-state index < -0.39 is 0 Å². The second-order valence-corrected chi connectivity index (χ2v) is 7.00. The molecule has 1 aliphatic heterocycles. The highest BCUT2D eigenvalue weighted by Gasteiger charge is 2.18. The summed E-state index contributed by atoms with van der Waals surface area (Å²) in [5.41, 5.74) is 4.11. The van der Waals surface area contributed by atoms with Gasteiger partial charge in [0.15, 0.2) is 0 Å². The molecule has 0 radical (unpaired) electrons. The van der Waals surface area contributed by atoms with Gasteiger partial charge in [0.1, 0.15) is 0 Å². The van der Waals surface area contributed by atoms with E-state index in [0.29, 0.717) is 6.04 Å². The van der Waals surface area contributed by atoms with Crippen molar-refractivity contribution in [3.05, 3.63) is 44.7 Å². The molecule has 1 nitrogen and oxygen atoms in total. The van der Waals surface area contributed by atoms with Crippen LogP contribution in [0.3, 0.4) is 0 Å². The predicted octanol–water partition coefficient (Wildman–Crippen LogP) is 4.52. The van der Waals surface area contributed by atoms with Crippen LogP contribution in [0.5, 0.6) is 0 Å². The summed E-state index contributed by atoms with van der Waals surface area (Å²) in [5, 5.41) is 3.52. The van der Waals surface area contributed by atoms with E-state index in [4.69, 9.17) is 0 Å². The average molecular weight is 322 g/mol. The van der Waals surface area contributed by atoms with Gasteiger partial charge in [-0.2, -0.15) is 0 Å². The van der Waals surface area contributed by atoms with Crippen LogP contribution in [0.1, 0.15) is 22.9 Å². The Kier molecular flexibility index (Phi) is 3.31. The zero-order valence-corrected chi connectivity index (χ0v) is 13.0. The molecule has 0 spiro atoms. The van der Waals surface area contributed by atoms with E-state index in [9.17, 15) is 0 Å². The zero-order valence-electron chi connectivity index (χ0n) is 10.6. The van der Waals surface area contributed by atoms with Gasteiger partial charge in [0.25, 0.3) is 0 Å². The topological polar surface area (TPSA) is 12.0 Å². The van der Waals surface area contributed by atoms with E-state index in [0.717, 1.165) is 13.0 Å². The Balaban J connectivity index is 2.00. The predicted molar refractivity (Wildman–Crippen MR) is 82.2 cm³/mol. The molecule has 1 aromatic heterocycles. The first-order chi connectivity index (χ1) is 8.63. The molecule has 1 aromatic carbocycles. The lowest BCUT2D eigenvalue weighted by molar-refractivity contribution is 0.520. The summed E-state index contributed by atoms with van der Waals surface area (Å²) in [6.45, 7) is 5.42. The fourth-order valence-corrected chi connectivity index (χ4v) is 3.92. The largest absolute Gasteiger partial charge is 0.310 e. The van der Waals surface area contributed by atoms with Crippen LogP contribution >= 0.6 is 27.3 Å². The van der Waals surface area contributed by atoms with Gasteiger partial charge in [-0.1, -0.05) is 22.0 Å². The van der Waals surface area contributed by atoms with Gasteiger partial charge in [-0.25, -0.2) is 0 Å². The Morgan fingerprint density at radius 1 is 1.33 bits per heavy atom. The second-order valence-electron chi connectivity index (χ2n) is 5.01. The van der Waals surface area contributed by atoms with E-state index in [1.807, 2.05) is 11.3 Å². The van der Waals surface area contributed by atoms with Crippen molar-refractivity contribution >= 4 is 27.3 Å². The highest BCUT2D eigenvalue weighted by atomic mass is 79.9. The van der Waals surface area contributed by atoms with Gasteiger partial charge in [-0.15, -0.1) is 11.3 Å². The molecule has 0 saturated carbocycles. The van der Waals surface area contributed by atoms with Gasteiger partial charge in [-0.05, 0) is 55.2 Å². The number of benzene rings is 1. The number of rotatable bonds is 1. The molecular weight excluding hydrogens is 306 g/mol. The van der Waals surface area contributed by atoms with Crippen molar-refractivity contribution in [1.29, 1.82) is 0 Å². The monoisotopic (exact) mass is 321 g/mol. The lowest BCUT2D eigenvalue weighted by Gasteiger charge is -2.19. The van der Waals surface area contributed by atoms with Crippen molar-refractivity contribution in [3.8, 4) is 10.4 Å². The van der Waals surface area contributed by atoms with Gasteiger partial charge in [-0.3, -0.25) is 0 Å². The summed E-state index contributed by atoms with van der Waals surface area (Å²) >= 11 is 5.51. The zero-order chi connectivity index (χ0) is 12.7. The second kappa shape index (κ2) is 4.80. The molecule has 0 fully saturated rings. The molecule has 1 N–H and O–H groups in total. The molecule has 18 heavy (non-hydrogen) atoms. The van der Waals surface area contributed by atoms with Crippen LogP contribution in [0, 0.1) is 6.92 Å². The summed E-state index contributed by atoms with van der Waals surface area (Å²) in [7, 11) is 0. The third-order valence-electron chi connectivity index (χ3n) is 3.47. The van der Waals surface area contributed by atoms with E-state index >= 15 is 0 Å². The minimum Gasteiger partial charge on any atom is -0.310 e. The van der Waals surface area contributed by atoms with Crippen molar-refractivity contribution in [2.24, 2.45) is 0 Å². The summed E-state index contributed by atoms with van der Waals surface area (Å²) in [6.07, 6.45) is 1.16. The Bertz CT molecular complexity index is 588. The molecule has 0 amide bonds. The molecule has 1 unspecified atom stereocenters. The Hall–Kier alpha value is -0.640. The number of hydrogen-bond donors (Lipinski definition) is 1. The van der Waals surface area contributed by atoms with Gasteiger partial charge in [0.05, 0.1) is 0 Å². The van der Waals surface area contributed by atoms with E-state index in [1.54, 1.807) is 4.88 Å². The third kappa shape index (κ3) is 2.27. The van der Waals surface area contributed by atoms with Crippen LogP contribution in [0.2, 0.25) is 0 Å². The van der Waals surface area contributed by atoms with Crippen LogP contribution < -0.4 is 5.32 Å². The minimum absolute atomic E-state index is 0.607. The summed E-state index contributed by atoms with van der Waals surface area (Å²) < 4.78 is 1.18. The molecule has 2 aromatic rings. The quantitative estimate of drug-likeness (QED) is 0.814. The molecule has 0 aliphatic carbocycles. The van der Waals surface area contributed by atoms with Crippen LogP contribution in [0.4, 0.5) is 0 Å². The number of aryl methyl sites for hydroxylation is 1. The maximum Gasteiger partial charge on any atom is 0.0349 e. The highest BCUT2D eigenvalue weighted by molar-refractivity contribution is 9.10. The maximum atomic E-state index is 3.56. The van der Waals surface area contributed by atoms with Gasteiger partial charge < -0.3 is 5.32 Å². The lowest BCUT2D eigenvalue weighted by Crippen LogP contribution is -2.31. The molecular formula is C15H16BrNS. The van der Waals surface area contributed by atoms with Crippen molar-refractivity contribution < 1.29 is 0 Å². The SMILES string of the molecule is Cc1cc(-c2cc3c(s2)CC(C)NC3)ccc1Br. The Morgan fingerprint density at radius 3 is 2.94 bits per heavy atom.